The Morgan fingerprint density at radius 2 is 1.36 bits per heavy atom. The Kier molecular flexibility index (Phi) is 33.5. The van der Waals surface area contributed by atoms with Gasteiger partial charge in [0.25, 0.3) is 0 Å². The van der Waals surface area contributed by atoms with Crippen LogP contribution < -0.4 is 0 Å². The third-order valence-electron chi connectivity index (χ3n) is 2.35. The van der Waals surface area contributed by atoms with Gasteiger partial charge < -0.3 is 39.4 Å². The molecule has 8 heteroatoms. The van der Waals surface area contributed by atoms with Gasteiger partial charge in [-0.3, -0.25) is 0 Å². The van der Waals surface area contributed by atoms with Crippen molar-refractivity contribution in [3.05, 3.63) is 0 Å². The highest BCUT2D eigenvalue weighted by Crippen LogP contribution is 1.93. The van der Waals surface area contributed by atoms with Gasteiger partial charge in [-0.2, -0.15) is 0 Å². The Morgan fingerprint density at radius 3 is 1.76 bits per heavy atom. The third kappa shape index (κ3) is 40.0. The Morgan fingerprint density at radius 1 is 0.800 bits per heavy atom. The van der Waals surface area contributed by atoms with Crippen LogP contribution in [0.1, 0.15) is 40.5 Å². The Hall–Kier alpha value is -0.320. The molecule has 0 aliphatic carbocycles. The molecule has 0 aliphatic heterocycles. The molecule has 0 saturated carbocycles. The Balaban J connectivity index is -0.000000396. The van der Waals surface area contributed by atoms with Gasteiger partial charge in [-0.1, -0.05) is 13.3 Å². The SMILES string of the molecule is CC(O)CO.CCCCOC(O)COCCOCCO.CCOCC. The summed E-state index contributed by atoms with van der Waals surface area (Å²) in [6.45, 7) is 11.0. The van der Waals surface area contributed by atoms with Crippen molar-refractivity contribution in [3.63, 3.8) is 0 Å². The highest BCUT2D eigenvalue weighted by molar-refractivity contribution is 4.40. The highest BCUT2D eigenvalue weighted by Gasteiger charge is 2.02. The van der Waals surface area contributed by atoms with Crippen LogP contribution in [0.5, 0.6) is 0 Å². The van der Waals surface area contributed by atoms with Crippen LogP contribution >= 0.6 is 0 Å². The first kappa shape index (κ1) is 29.4. The molecular weight excluding hydrogens is 332 g/mol. The van der Waals surface area contributed by atoms with Crippen molar-refractivity contribution >= 4 is 0 Å². The smallest absolute Gasteiger partial charge is 0.178 e. The molecule has 0 aromatic heterocycles. The summed E-state index contributed by atoms with van der Waals surface area (Å²) in [6, 6.07) is 0. The minimum absolute atomic E-state index is 0.0166. The van der Waals surface area contributed by atoms with E-state index in [-0.39, 0.29) is 19.8 Å². The van der Waals surface area contributed by atoms with Crippen LogP contribution in [0.2, 0.25) is 0 Å². The molecule has 25 heavy (non-hydrogen) atoms. The van der Waals surface area contributed by atoms with E-state index in [1.54, 1.807) is 0 Å². The number of aliphatic hydroxyl groups excluding tert-OH is 4. The molecule has 2 unspecified atom stereocenters. The van der Waals surface area contributed by atoms with Gasteiger partial charge in [0.05, 0.1) is 45.7 Å². The van der Waals surface area contributed by atoms with Crippen LogP contribution in [0.15, 0.2) is 0 Å². The lowest BCUT2D eigenvalue weighted by molar-refractivity contribution is -0.141. The van der Waals surface area contributed by atoms with E-state index in [4.69, 9.17) is 34.3 Å². The Labute approximate surface area is 152 Å². The summed E-state index contributed by atoms with van der Waals surface area (Å²) in [5.41, 5.74) is 0. The first-order valence-corrected chi connectivity index (χ1v) is 8.92. The number of rotatable bonds is 14. The minimum atomic E-state index is -0.852. The first-order chi connectivity index (χ1) is 12.0. The zero-order chi connectivity index (χ0) is 19.8. The zero-order valence-electron chi connectivity index (χ0n) is 16.4. The lowest BCUT2D eigenvalue weighted by atomic mass is 10.4. The molecule has 0 fully saturated rings. The van der Waals surface area contributed by atoms with Gasteiger partial charge >= 0.3 is 0 Å². The number of ether oxygens (including phenoxy) is 4. The van der Waals surface area contributed by atoms with Gasteiger partial charge in [0.2, 0.25) is 0 Å². The maximum atomic E-state index is 9.25. The molecule has 0 spiro atoms. The maximum Gasteiger partial charge on any atom is 0.178 e. The number of aliphatic hydroxyl groups is 4. The fraction of sp³-hybridized carbons (Fsp3) is 1.00. The van der Waals surface area contributed by atoms with Gasteiger partial charge in [-0.25, -0.2) is 0 Å². The van der Waals surface area contributed by atoms with Gasteiger partial charge in [0, 0.05) is 19.8 Å². The second-order valence-electron chi connectivity index (χ2n) is 4.90. The van der Waals surface area contributed by atoms with Crippen LogP contribution in [0, 0.1) is 0 Å². The van der Waals surface area contributed by atoms with E-state index in [2.05, 4.69) is 6.92 Å². The van der Waals surface area contributed by atoms with Crippen LogP contribution in [0.25, 0.3) is 0 Å². The van der Waals surface area contributed by atoms with E-state index in [0.29, 0.717) is 26.4 Å². The van der Waals surface area contributed by atoms with Crippen molar-refractivity contribution in [2.24, 2.45) is 0 Å². The average molecular weight is 372 g/mol. The van der Waals surface area contributed by atoms with Crippen molar-refractivity contribution in [2.45, 2.75) is 52.9 Å². The summed E-state index contributed by atoms with van der Waals surface area (Å²) in [5.74, 6) is 0. The second-order valence-corrected chi connectivity index (χ2v) is 4.90. The van der Waals surface area contributed by atoms with E-state index in [9.17, 15) is 5.11 Å². The highest BCUT2D eigenvalue weighted by atomic mass is 16.6. The predicted octanol–water partition coefficient (Wildman–Crippen LogP) is 0.549. The summed E-state index contributed by atoms with van der Waals surface area (Å²) in [5, 5.41) is 33.7. The third-order valence-corrected chi connectivity index (χ3v) is 2.35. The molecule has 0 aromatic rings. The van der Waals surface area contributed by atoms with E-state index in [0.717, 1.165) is 26.1 Å². The molecule has 2 atom stereocenters. The average Bonchev–Trinajstić information content (AvgIpc) is 2.60. The fourth-order valence-corrected chi connectivity index (χ4v) is 1.08. The molecule has 4 N–H and O–H groups in total. The fourth-order valence-electron chi connectivity index (χ4n) is 1.08. The predicted molar refractivity (Wildman–Crippen MR) is 96.5 cm³/mol. The molecule has 0 bridgehead atoms. The van der Waals surface area contributed by atoms with Gasteiger partial charge in [0.1, 0.15) is 0 Å². The zero-order valence-corrected chi connectivity index (χ0v) is 16.4. The van der Waals surface area contributed by atoms with Crippen molar-refractivity contribution in [2.75, 3.05) is 59.5 Å². The molecule has 156 valence electrons. The summed E-state index contributed by atoms with van der Waals surface area (Å²) in [6.07, 6.45) is 0.573. The van der Waals surface area contributed by atoms with Crippen LogP contribution in [0.4, 0.5) is 0 Å². The van der Waals surface area contributed by atoms with Gasteiger partial charge in [-0.15, -0.1) is 0 Å². The van der Waals surface area contributed by atoms with E-state index >= 15 is 0 Å². The van der Waals surface area contributed by atoms with Crippen LogP contribution in [-0.2, 0) is 18.9 Å². The quantitative estimate of drug-likeness (QED) is 0.258. The normalized spacial score (nSPS) is 12.5. The largest absolute Gasteiger partial charge is 0.394 e. The summed E-state index contributed by atoms with van der Waals surface area (Å²) < 4.78 is 19.9. The lowest BCUT2D eigenvalue weighted by Gasteiger charge is -2.12. The molecule has 0 rings (SSSR count). The number of unbranched alkanes of at least 4 members (excludes halogenated alkanes) is 1. The van der Waals surface area contributed by atoms with Crippen molar-refractivity contribution in [1.29, 1.82) is 0 Å². The van der Waals surface area contributed by atoms with E-state index < -0.39 is 12.4 Å². The molecular formula is C17H40O8. The first-order valence-electron chi connectivity index (χ1n) is 8.92. The molecule has 0 heterocycles. The van der Waals surface area contributed by atoms with Crippen molar-refractivity contribution in [3.8, 4) is 0 Å². The lowest BCUT2D eigenvalue weighted by Crippen LogP contribution is -2.21. The minimum Gasteiger partial charge on any atom is -0.394 e. The van der Waals surface area contributed by atoms with Crippen LogP contribution in [-0.4, -0.2) is 92.3 Å². The van der Waals surface area contributed by atoms with Gasteiger partial charge in [0.15, 0.2) is 6.29 Å². The Bertz CT molecular complexity index is 203. The van der Waals surface area contributed by atoms with Gasteiger partial charge in [-0.05, 0) is 27.2 Å². The summed E-state index contributed by atoms with van der Waals surface area (Å²) in [7, 11) is 0. The van der Waals surface area contributed by atoms with Crippen molar-refractivity contribution in [1.82, 2.24) is 0 Å². The maximum absolute atomic E-state index is 9.25. The van der Waals surface area contributed by atoms with E-state index in [1.807, 2.05) is 13.8 Å². The monoisotopic (exact) mass is 372 g/mol. The summed E-state index contributed by atoms with van der Waals surface area (Å²) in [4.78, 5) is 0. The molecule has 0 saturated heterocycles. The molecule has 0 aromatic carbocycles. The number of hydrogen-bond acceptors (Lipinski definition) is 8. The van der Waals surface area contributed by atoms with E-state index in [1.165, 1.54) is 6.92 Å². The second kappa shape index (κ2) is 28.5. The van der Waals surface area contributed by atoms with Crippen LogP contribution in [0.3, 0.4) is 0 Å². The topological polar surface area (TPSA) is 118 Å². The van der Waals surface area contributed by atoms with Crippen molar-refractivity contribution < 1.29 is 39.4 Å². The standard InChI is InChI=1S/C10H22O5.C4H10O.C3H8O2/c1-2-3-5-15-10(12)9-14-8-7-13-6-4-11;1-3-5-4-2;1-3(5)2-4/h10-12H,2-9H2,1H3;3-4H2,1-2H3;3-5H,2H2,1H3. The molecule has 8 nitrogen and oxygen atoms in total. The summed E-state index contributed by atoms with van der Waals surface area (Å²) >= 11 is 0. The molecule has 0 radical (unpaired) electrons. The molecule has 0 aliphatic rings. The molecule has 0 amide bonds. The number of hydrogen-bond donors (Lipinski definition) is 4.